The van der Waals surface area contributed by atoms with Gasteiger partial charge in [-0.3, -0.25) is 29.4 Å². The summed E-state index contributed by atoms with van der Waals surface area (Å²) in [5, 5.41) is 16.1. The van der Waals surface area contributed by atoms with E-state index in [4.69, 9.17) is 0 Å². The fraction of sp³-hybridized carbons (Fsp3) is 0.333. The van der Waals surface area contributed by atoms with Crippen molar-refractivity contribution < 1.29 is 24.1 Å². The molecule has 1 unspecified atom stereocenters. The van der Waals surface area contributed by atoms with Crippen LogP contribution in [-0.2, 0) is 21.7 Å². The molecule has 2 N–H and O–H groups in total. The number of nitro groups is 1. The SMILES string of the molecule is CC1(c2ccc([N+](=O)[O-])cc2)NC(=O)N(CC(=O)NCc2ccc(C(=O)N3CCCC3)cc2)C1=O. The molecule has 0 saturated carbocycles. The predicted molar refractivity (Wildman–Crippen MR) is 124 cm³/mol. The van der Waals surface area contributed by atoms with Crippen LogP contribution in [0.3, 0.4) is 0 Å². The summed E-state index contributed by atoms with van der Waals surface area (Å²) in [6.45, 7) is 2.71. The average Bonchev–Trinajstić information content (AvgIpc) is 3.47. The monoisotopic (exact) mass is 479 g/mol. The Labute approximate surface area is 201 Å². The molecular weight excluding hydrogens is 454 g/mol. The molecule has 2 aliphatic heterocycles. The molecular formula is C24H25N5O6. The van der Waals surface area contributed by atoms with E-state index in [-0.39, 0.29) is 18.1 Å². The normalized spacial score (nSPS) is 19.6. The van der Waals surface area contributed by atoms with Gasteiger partial charge in [0.2, 0.25) is 5.91 Å². The zero-order valence-corrected chi connectivity index (χ0v) is 19.2. The summed E-state index contributed by atoms with van der Waals surface area (Å²) in [6.07, 6.45) is 2.03. The van der Waals surface area contributed by atoms with E-state index in [1.165, 1.54) is 31.2 Å². The maximum Gasteiger partial charge on any atom is 0.325 e. The van der Waals surface area contributed by atoms with Crippen LogP contribution in [-0.4, -0.2) is 58.1 Å². The first-order valence-corrected chi connectivity index (χ1v) is 11.2. The van der Waals surface area contributed by atoms with E-state index in [1.54, 1.807) is 24.3 Å². The Kier molecular flexibility index (Phi) is 6.50. The summed E-state index contributed by atoms with van der Waals surface area (Å²) >= 11 is 0. The standard InChI is InChI=1S/C24H25N5O6/c1-24(18-8-10-19(11-9-18)29(34)35)22(32)28(23(33)26-24)15-20(30)25-14-16-4-6-17(7-5-16)21(31)27-12-2-3-13-27/h4-11H,2-3,12-15H2,1H3,(H,25,30)(H,26,33). The Morgan fingerprint density at radius 2 is 1.69 bits per heavy atom. The number of non-ortho nitro benzene ring substituents is 1. The average molecular weight is 479 g/mol. The highest BCUT2D eigenvalue weighted by Crippen LogP contribution is 2.29. The van der Waals surface area contributed by atoms with Crippen molar-refractivity contribution in [2.75, 3.05) is 19.6 Å². The number of carbonyl (C=O) groups is 4. The highest BCUT2D eigenvalue weighted by molar-refractivity contribution is 6.09. The topological polar surface area (TPSA) is 142 Å². The van der Waals surface area contributed by atoms with Crippen LogP contribution in [0.2, 0.25) is 0 Å². The molecule has 0 bridgehead atoms. The molecule has 2 aromatic rings. The number of benzene rings is 2. The number of urea groups is 1. The second-order valence-electron chi connectivity index (χ2n) is 8.72. The first-order chi connectivity index (χ1) is 16.7. The lowest BCUT2D eigenvalue weighted by molar-refractivity contribution is -0.384. The number of likely N-dealkylation sites (tertiary alicyclic amines) is 1. The largest absolute Gasteiger partial charge is 0.350 e. The highest BCUT2D eigenvalue weighted by Gasteiger charge is 2.49. The number of nitrogens with one attached hydrogen (secondary N) is 2. The first kappa shape index (κ1) is 23.9. The smallest absolute Gasteiger partial charge is 0.325 e. The molecule has 0 spiro atoms. The quantitative estimate of drug-likeness (QED) is 0.353. The second kappa shape index (κ2) is 9.53. The van der Waals surface area contributed by atoms with Gasteiger partial charge in [0, 0.05) is 37.3 Å². The van der Waals surface area contributed by atoms with Crippen molar-refractivity contribution in [3.63, 3.8) is 0 Å². The Balaban J connectivity index is 1.34. The van der Waals surface area contributed by atoms with Gasteiger partial charge in [-0.2, -0.15) is 0 Å². The van der Waals surface area contributed by atoms with Crippen molar-refractivity contribution in [1.29, 1.82) is 0 Å². The molecule has 2 saturated heterocycles. The van der Waals surface area contributed by atoms with Crippen molar-refractivity contribution >= 4 is 29.4 Å². The van der Waals surface area contributed by atoms with Crippen LogP contribution in [0.5, 0.6) is 0 Å². The second-order valence-corrected chi connectivity index (χ2v) is 8.72. The third-order valence-corrected chi connectivity index (χ3v) is 6.32. The van der Waals surface area contributed by atoms with Gasteiger partial charge in [-0.15, -0.1) is 0 Å². The first-order valence-electron chi connectivity index (χ1n) is 11.2. The summed E-state index contributed by atoms with van der Waals surface area (Å²) < 4.78 is 0. The van der Waals surface area contributed by atoms with Crippen molar-refractivity contribution in [3.05, 3.63) is 75.3 Å². The maximum absolute atomic E-state index is 13.0. The third-order valence-electron chi connectivity index (χ3n) is 6.32. The van der Waals surface area contributed by atoms with E-state index in [0.29, 0.717) is 11.1 Å². The molecule has 0 aromatic heterocycles. The molecule has 0 radical (unpaired) electrons. The minimum absolute atomic E-state index is 0.00675. The van der Waals surface area contributed by atoms with Gasteiger partial charge >= 0.3 is 6.03 Å². The zero-order valence-electron chi connectivity index (χ0n) is 19.2. The van der Waals surface area contributed by atoms with Crippen LogP contribution in [0.1, 0.15) is 41.3 Å². The van der Waals surface area contributed by atoms with Gasteiger partial charge < -0.3 is 15.5 Å². The van der Waals surface area contributed by atoms with Gasteiger partial charge in [-0.1, -0.05) is 12.1 Å². The lowest BCUT2D eigenvalue weighted by Gasteiger charge is -2.22. The number of rotatable bonds is 7. The molecule has 35 heavy (non-hydrogen) atoms. The number of nitrogens with zero attached hydrogens (tertiary/aromatic N) is 3. The molecule has 0 aliphatic carbocycles. The lowest BCUT2D eigenvalue weighted by Crippen LogP contribution is -2.43. The zero-order chi connectivity index (χ0) is 25.2. The number of imide groups is 1. The van der Waals surface area contributed by atoms with E-state index in [1.807, 2.05) is 4.90 Å². The van der Waals surface area contributed by atoms with Crippen LogP contribution in [0.4, 0.5) is 10.5 Å². The molecule has 2 aliphatic rings. The molecule has 2 fully saturated rings. The molecule has 11 heteroatoms. The van der Waals surface area contributed by atoms with E-state index in [2.05, 4.69) is 10.6 Å². The van der Waals surface area contributed by atoms with Gasteiger partial charge in [-0.25, -0.2) is 4.79 Å². The molecule has 2 heterocycles. The number of carbonyl (C=O) groups excluding carboxylic acids is 4. The van der Waals surface area contributed by atoms with E-state index in [9.17, 15) is 29.3 Å². The van der Waals surface area contributed by atoms with Gasteiger partial charge in [0.05, 0.1) is 4.92 Å². The minimum Gasteiger partial charge on any atom is -0.350 e. The summed E-state index contributed by atoms with van der Waals surface area (Å²) in [7, 11) is 0. The van der Waals surface area contributed by atoms with Gasteiger partial charge in [0.1, 0.15) is 12.1 Å². The fourth-order valence-corrected chi connectivity index (χ4v) is 4.22. The van der Waals surface area contributed by atoms with Crippen LogP contribution >= 0.6 is 0 Å². The summed E-state index contributed by atoms with van der Waals surface area (Å²) in [5.74, 6) is -1.16. The summed E-state index contributed by atoms with van der Waals surface area (Å²) in [6, 6.07) is 11.5. The molecule has 5 amide bonds. The molecule has 182 valence electrons. The number of nitro benzene ring substituents is 1. The van der Waals surface area contributed by atoms with Crippen molar-refractivity contribution in [3.8, 4) is 0 Å². The maximum atomic E-state index is 13.0. The van der Waals surface area contributed by atoms with Crippen LogP contribution < -0.4 is 10.6 Å². The van der Waals surface area contributed by atoms with E-state index in [0.717, 1.165) is 36.4 Å². The molecule has 4 rings (SSSR count). The van der Waals surface area contributed by atoms with Crippen LogP contribution in [0.25, 0.3) is 0 Å². The number of hydrogen-bond acceptors (Lipinski definition) is 6. The Morgan fingerprint density at radius 3 is 2.29 bits per heavy atom. The van der Waals surface area contributed by atoms with Gasteiger partial charge in [0.15, 0.2) is 0 Å². The van der Waals surface area contributed by atoms with Crippen molar-refractivity contribution in [1.82, 2.24) is 20.4 Å². The third kappa shape index (κ3) is 4.84. The Hall–Kier alpha value is -4.28. The van der Waals surface area contributed by atoms with Gasteiger partial charge in [0.25, 0.3) is 17.5 Å². The molecule has 2 aromatic carbocycles. The molecule has 1 atom stereocenters. The predicted octanol–water partition coefficient (Wildman–Crippen LogP) is 1.91. The van der Waals surface area contributed by atoms with E-state index >= 15 is 0 Å². The summed E-state index contributed by atoms with van der Waals surface area (Å²) in [5.41, 5.74) is 0.146. The summed E-state index contributed by atoms with van der Waals surface area (Å²) in [4.78, 5) is 63.2. The van der Waals surface area contributed by atoms with Gasteiger partial charge in [-0.05, 0) is 55.2 Å². The number of hydrogen-bond donors (Lipinski definition) is 2. The molecule has 11 nitrogen and oxygen atoms in total. The Morgan fingerprint density at radius 1 is 1.06 bits per heavy atom. The number of amides is 5. The van der Waals surface area contributed by atoms with Crippen LogP contribution in [0.15, 0.2) is 48.5 Å². The van der Waals surface area contributed by atoms with E-state index < -0.39 is 34.9 Å². The van der Waals surface area contributed by atoms with Crippen molar-refractivity contribution in [2.24, 2.45) is 0 Å². The lowest BCUT2D eigenvalue weighted by atomic mass is 9.92. The minimum atomic E-state index is -1.44. The Bertz CT molecular complexity index is 1170. The fourth-order valence-electron chi connectivity index (χ4n) is 4.22. The van der Waals surface area contributed by atoms with Crippen molar-refractivity contribution in [2.45, 2.75) is 31.8 Å². The van der Waals surface area contributed by atoms with Crippen LogP contribution in [0, 0.1) is 10.1 Å². The highest BCUT2D eigenvalue weighted by atomic mass is 16.6.